The van der Waals surface area contributed by atoms with Crippen molar-refractivity contribution in [3.05, 3.63) is 0 Å². The molecule has 11 heavy (non-hydrogen) atoms. The first-order valence-corrected chi connectivity index (χ1v) is 3.90. The summed E-state index contributed by atoms with van der Waals surface area (Å²) in [6, 6.07) is 2.22. The highest BCUT2D eigenvalue weighted by Gasteiger charge is 2.50. The summed E-state index contributed by atoms with van der Waals surface area (Å²) < 4.78 is 0. The number of Topliss-reactive ketones (excluding diaryl/α,β-unsaturated/α-hetero) is 1. The van der Waals surface area contributed by atoms with E-state index in [4.69, 9.17) is 5.26 Å². The second-order valence-electron chi connectivity index (χ2n) is 3.90. The zero-order valence-electron chi connectivity index (χ0n) is 7.22. The Labute approximate surface area is 67.2 Å². The molecule has 0 N–H and O–H groups in total. The van der Waals surface area contributed by atoms with E-state index < -0.39 is 0 Å². The number of hydrogen-bond acceptors (Lipinski definition) is 2. The highest BCUT2D eigenvalue weighted by Crippen LogP contribution is 2.51. The van der Waals surface area contributed by atoms with Crippen LogP contribution in [0.4, 0.5) is 0 Å². The molecule has 1 rings (SSSR count). The summed E-state index contributed by atoms with van der Waals surface area (Å²) in [4.78, 5) is 11.0. The molecule has 0 spiro atoms. The molecule has 2 nitrogen and oxygen atoms in total. The third-order valence-corrected chi connectivity index (χ3v) is 2.91. The Hall–Kier alpha value is -0.840. The second kappa shape index (κ2) is 2.34. The molecule has 2 heteroatoms. The highest BCUT2D eigenvalue weighted by atomic mass is 16.1. The third-order valence-electron chi connectivity index (χ3n) is 2.91. The summed E-state index contributed by atoms with van der Waals surface area (Å²) in [5, 5.41) is 8.66. The molecule has 0 unspecified atom stereocenters. The first kappa shape index (κ1) is 8.26. The molecule has 2 atom stereocenters. The molecule has 1 fully saturated rings. The maximum Gasteiger partial charge on any atom is 0.133 e. The molecular weight excluding hydrogens is 138 g/mol. The molecule has 0 aromatic carbocycles. The molecule has 1 aliphatic rings. The summed E-state index contributed by atoms with van der Waals surface area (Å²) >= 11 is 0. The summed E-state index contributed by atoms with van der Waals surface area (Å²) in [7, 11) is 0. The zero-order chi connectivity index (χ0) is 8.65. The standard InChI is InChI=1S/C9H13NO/c1-6(11)8-4-7(5-10)9(8,2)3/h7-8H,4H2,1-3H3/t7-,8+/m0/s1. The van der Waals surface area contributed by atoms with E-state index in [9.17, 15) is 4.79 Å². The molecule has 0 radical (unpaired) electrons. The number of nitrogens with zero attached hydrogens (tertiary/aromatic N) is 1. The van der Waals surface area contributed by atoms with E-state index in [-0.39, 0.29) is 23.0 Å². The fraction of sp³-hybridized carbons (Fsp3) is 0.778. The minimum Gasteiger partial charge on any atom is -0.300 e. The van der Waals surface area contributed by atoms with Gasteiger partial charge in [0.2, 0.25) is 0 Å². The van der Waals surface area contributed by atoms with Gasteiger partial charge in [-0.15, -0.1) is 0 Å². The van der Waals surface area contributed by atoms with E-state index in [0.29, 0.717) is 0 Å². The number of ketones is 1. The van der Waals surface area contributed by atoms with Crippen LogP contribution in [-0.2, 0) is 4.79 Å². The number of carbonyl (C=O) groups is 1. The molecule has 0 saturated heterocycles. The minimum atomic E-state index is -0.0828. The fourth-order valence-electron chi connectivity index (χ4n) is 1.83. The molecule has 0 bridgehead atoms. The summed E-state index contributed by atoms with van der Waals surface area (Å²) in [5.41, 5.74) is -0.0828. The first-order chi connectivity index (χ1) is 5.00. The number of hydrogen-bond donors (Lipinski definition) is 0. The van der Waals surface area contributed by atoms with Gasteiger partial charge in [0.1, 0.15) is 5.78 Å². The average molecular weight is 151 g/mol. The number of carbonyl (C=O) groups excluding carboxylic acids is 1. The summed E-state index contributed by atoms with van der Waals surface area (Å²) in [6.07, 6.45) is 0.763. The third kappa shape index (κ3) is 1.05. The fourth-order valence-corrected chi connectivity index (χ4v) is 1.83. The van der Waals surface area contributed by atoms with E-state index in [0.717, 1.165) is 6.42 Å². The van der Waals surface area contributed by atoms with Crippen molar-refractivity contribution in [2.45, 2.75) is 27.2 Å². The molecule has 1 saturated carbocycles. The van der Waals surface area contributed by atoms with Gasteiger partial charge in [0.15, 0.2) is 0 Å². The Morgan fingerprint density at radius 3 is 2.45 bits per heavy atom. The predicted molar refractivity (Wildman–Crippen MR) is 41.7 cm³/mol. The quantitative estimate of drug-likeness (QED) is 0.573. The number of rotatable bonds is 1. The summed E-state index contributed by atoms with van der Waals surface area (Å²) in [5.74, 6) is 0.421. The lowest BCUT2D eigenvalue weighted by atomic mass is 9.54. The maximum absolute atomic E-state index is 11.0. The molecule has 0 aliphatic heterocycles. The van der Waals surface area contributed by atoms with E-state index in [1.54, 1.807) is 6.92 Å². The molecular formula is C9H13NO. The zero-order valence-corrected chi connectivity index (χ0v) is 7.22. The van der Waals surface area contributed by atoms with Crippen molar-refractivity contribution in [3.8, 4) is 6.07 Å². The van der Waals surface area contributed by atoms with Crippen molar-refractivity contribution in [2.24, 2.45) is 17.3 Å². The number of nitriles is 1. The van der Waals surface area contributed by atoms with Gasteiger partial charge in [-0.05, 0) is 18.8 Å². The Balaban J connectivity index is 2.70. The Morgan fingerprint density at radius 2 is 2.18 bits per heavy atom. The lowest BCUT2D eigenvalue weighted by Gasteiger charge is -2.47. The molecule has 0 aromatic rings. The van der Waals surface area contributed by atoms with E-state index in [2.05, 4.69) is 6.07 Å². The van der Waals surface area contributed by atoms with E-state index >= 15 is 0 Å². The second-order valence-corrected chi connectivity index (χ2v) is 3.90. The van der Waals surface area contributed by atoms with Gasteiger partial charge in [0, 0.05) is 5.92 Å². The normalized spacial score (nSPS) is 33.6. The molecule has 60 valence electrons. The summed E-state index contributed by atoms with van der Waals surface area (Å²) in [6.45, 7) is 5.60. The SMILES string of the molecule is CC(=O)[C@H]1C[C@@H](C#N)C1(C)C. The Kier molecular flexibility index (Phi) is 1.75. The van der Waals surface area contributed by atoms with Crippen LogP contribution in [0.1, 0.15) is 27.2 Å². The van der Waals surface area contributed by atoms with Crippen molar-refractivity contribution in [3.63, 3.8) is 0 Å². The Morgan fingerprint density at radius 1 is 1.64 bits per heavy atom. The topological polar surface area (TPSA) is 40.9 Å². The van der Waals surface area contributed by atoms with E-state index in [1.165, 1.54) is 0 Å². The van der Waals surface area contributed by atoms with Gasteiger partial charge in [-0.2, -0.15) is 5.26 Å². The van der Waals surface area contributed by atoms with E-state index in [1.807, 2.05) is 13.8 Å². The molecule has 1 aliphatic carbocycles. The lowest BCUT2D eigenvalue weighted by molar-refractivity contribution is -0.132. The van der Waals surface area contributed by atoms with Gasteiger partial charge in [0.05, 0.1) is 12.0 Å². The van der Waals surface area contributed by atoms with Crippen LogP contribution in [0.2, 0.25) is 0 Å². The van der Waals surface area contributed by atoms with Crippen LogP contribution < -0.4 is 0 Å². The van der Waals surface area contributed by atoms with Gasteiger partial charge in [-0.3, -0.25) is 4.79 Å². The van der Waals surface area contributed by atoms with Crippen molar-refractivity contribution in [1.29, 1.82) is 5.26 Å². The van der Waals surface area contributed by atoms with Crippen LogP contribution in [0, 0.1) is 28.6 Å². The predicted octanol–water partition coefficient (Wildman–Crippen LogP) is 1.76. The van der Waals surface area contributed by atoms with Crippen LogP contribution in [0.25, 0.3) is 0 Å². The molecule has 0 heterocycles. The maximum atomic E-state index is 11.0. The molecule has 0 aromatic heterocycles. The van der Waals surface area contributed by atoms with Crippen LogP contribution in [-0.4, -0.2) is 5.78 Å². The Bertz CT molecular complexity index is 224. The van der Waals surface area contributed by atoms with Gasteiger partial charge >= 0.3 is 0 Å². The molecule has 0 amide bonds. The van der Waals surface area contributed by atoms with Crippen LogP contribution >= 0.6 is 0 Å². The van der Waals surface area contributed by atoms with Crippen LogP contribution in [0.3, 0.4) is 0 Å². The van der Waals surface area contributed by atoms with Gasteiger partial charge < -0.3 is 0 Å². The highest BCUT2D eigenvalue weighted by molar-refractivity contribution is 5.80. The van der Waals surface area contributed by atoms with Crippen molar-refractivity contribution >= 4 is 5.78 Å². The van der Waals surface area contributed by atoms with Crippen LogP contribution in [0.15, 0.2) is 0 Å². The van der Waals surface area contributed by atoms with Crippen molar-refractivity contribution < 1.29 is 4.79 Å². The monoisotopic (exact) mass is 151 g/mol. The van der Waals surface area contributed by atoms with Crippen molar-refractivity contribution in [2.75, 3.05) is 0 Å². The smallest absolute Gasteiger partial charge is 0.133 e. The average Bonchev–Trinajstić information content (AvgIpc) is 1.85. The largest absolute Gasteiger partial charge is 0.300 e. The van der Waals surface area contributed by atoms with Gasteiger partial charge in [-0.25, -0.2) is 0 Å². The lowest BCUT2D eigenvalue weighted by Crippen LogP contribution is -2.47. The minimum absolute atomic E-state index is 0.0800. The van der Waals surface area contributed by atoms with Crippen LogP contribution in [0.5, 0.6) is 0 Å². The van der Waals surface area contributed by atoms with Crippen molar-refractivity contribution in [1.82, 2.24) is 0 Å². The first-order valence-electron chi connectivity index (χ1n) is 3.90. The van der Waals surface area contributed by atoms with Gasteiger partial charge in [-0.1, -0.05) is 13.8 Å². The van der Waals surface area contributed by atoms with Gasteiger partial charge in [0.25, 0.3) is 0 Å².